The minimum atomic E-state index is 0.545. The highest BCUT2D eigenvalue weighted by Gasteiger charge is 2.09. The predicted octanol–water partition coefficient (Wildman–Crippen LogP) is 3.80. The molecule has 0 saturated carbocycles. The minimum Gasteiger partial charge on any atom is -0.497 e. The highest BCUT2D eigenvalue weighted by molar-refractivity contribution is 5.72. The molecule has 0 fully saturated rings. The predicted molar refractivity (Wildman–Crippen MR) is 81.8 cm³/mol. The van der Waals surface area contributed by atoms with Crippen LogP contribution < -0.4 is 4.74 Å². The first-order chi connectivity index (χ1) is 9.69. The number of terminal acetylenes is 1. The summed E-state index contributed by atoms with van der Waals surface area (Å²) in [5.41, 5.74) is 5.46. The van der Waals surface area contributed by atoms with Crippen molar-refractivity contribution in [3.63, 3.8) is 0 Å². The zero-order chi connectivity index (χ0) is 14.5. The fraction of sp³-hybridized carbons (Fsp3) is 0.222. The van der Waals surface area contributed by atoms with Crippen LogP contribution in [0.2, 0.25) is 0 Å². The minimum absolute atomic E-state index is 0.545. The van der Waals surface area contributed by atoms with Gasteiger partial charge < -0.3 is 9.47 Å². The van der Waals surface area contributed by atoms with Crippen molar-refractivity contribution in [1.29, 1.82) is 0 Å². The highest BCUT2D eigenvalue weighted by atomic mass is 16.5. The molecule has 0 aliphatic rings. The van der Waals surface area contributed by atoms with Crippen molar-refractivity contribution in [3.8, 4) is 29.2 Å². The van der Waals surface area contributed by atoms with Crippen molar-refractivity contribution >= 4 is 0 Å². The van der Waals surface area contributed by atoms with Gasteiger partial charge in [-0.3, -0.25) is 0 Å². The average molecular weight is 266 g/mol. The molecule has 2 rings (SSSR count). The summed E-state index contributed by atoms with van der Waals surface area (Å²) in [4.78, 5) is 0. The number of methoxy groups -OCH3 is 2. The van der Waals surface area contributed by atoms with Gasteiger partial charge in [-0.15, -0.1) is 6.42 Å². The molecule has 2 heteroatoms. The fourth-order valence-corrected chi connectivity index (χ4v) is 2.29. The summed E-state index contributed by atoms with van der Waals surface area (Å²) in [5, 5.41) is 0. The topological polar surface area (TPSA) is 18.5 Å². The lowest BCUT2D eigenvalue weighted by atomic mass is 9.94. The first-order valence-electron chi connectivity index (χ1n) is 6.43. The van der Waals surface area contributed by atoms with Gasteiger partial charge in [0.25, 0.3) is 0 Å². The van der Waals surface area contributed by atoms with Crippen LogP contribution in [0.1, 0.15) is 16.7 Å². The molecule has 0 saturated heterocycles. The van der Waals surface area contributed by atoms with Gasteiger partial charge in [-0.05, 0) is 53.4 Å². The number of ether oxygens (including phenoxy) is 2. The Kier molecular flexibility index (Phi) is 4.45. The van der Waals surface area contributed by atoms with Gasteiger partial charge in [0.15, 0.2) is 0 Å². The van der Waals surface area contributed by atoms with Gasteiger partial charge in [0.1, 0.15) is 5.75 Å². The van der Waals surface area contributed by atoms with Crippen LogP contribution in [0.3, 0.4) is 0 Å². The summed E-state index contributed by atoms with van der Waals surface area (Å²) >= 11 is 0. The maximum atomic E-state index is 5.44. The quantitative estimate of drug-likeness (QED) is 0.784. The smallest absolute Gasteiger partial charge is 0.119 e. The molecule has 0 N–H and O–H groups in total. The third-order valence-electron chi connectivity index (χ3n) is 3.30. The molecule has 0 amide bonds. The Hall–Kier alpha value is -2.24. The zero-order valence-electron chi connectivity index (χ0n) is 12.1. The molecule has 2 nitrogen and oxygen atoms in total. The van der Waals surface area contributed by atoms with Crippen LogP contribution in [0.4, 0.5) is 0 Å². The lowest BCUT2D eigenvalue weighted by molar-refractivity contribution is 0.185. The van der Waals surface area contributed by atoms with E-state index in [0.717, 1.165) is 28.0 Å². The molecule has 0 spiro atoms. The normalized spacial score (nSPS) is 10.1. The van der Waals surface area contributed by atoms with E-state index in [1.54, 1.807) is 14.2 Å². The summed E-state index contributed by atoms with van der Waals surface area (Å²) in [6, 6.07) is 12.1. The number of hydrogen-bond donors (Lipinski definition) is 0. The van der Waals surface area contributed by atoms with Crippen molar-refractivity contribution in [1.82, 2.24) is 0 Å². The van der Waals surface area contributed by atoms with Crippen molar-refractivity contribution in [3.05, 3.63) is 53.1 Å². The molecule has 2 aromatic carbocycles. The number of benzene rings is 2. The lowest BCUT2D eigenvalue weighted by Gasteiger charge is -2.13. The van der Waals surface area contributed by atoms with Gasteiger partial charge in [-0.1, -0.05) is 18.1 Å². The van der Waals surface area contributed by atoms with Gasteiger partial charge in [0.2, 0.25) is 0 Å². The van der Waals surface area contributed by atoms with Crippen molar-refractivity contribution in [2.75, 3.05) is 14.2 Å². The summed E-state index contributed by atoms with van der Waals surface area (Å²) < 4.78 is 10.6. The molecule has 0 atom stereocenters. The Bertz CT molecular complexity index is 651. The molecule has 0 aromatic heterocycles. The summed E-state index contributed by atoms with van der Waals surface area (Å²) in [6.45, 7) is 2.61. The van der Waals surface area contributed by atoms with E-state index >= 15 is 0 Å². The summed E-state index contributed by atoms with van der Waals surface area (Å²) in [5.74, 6) is 3.49. The standard InChI is InChI=1S/C18H18O2/c1-5-14-6-8-17(13(2)10-14)18-9-7-16(20-4)11-15(18)12-19-3/h1,6-11H,12H2,2-4H3. The zero-order valence-corrected chi connectivity index (χ0v) is 12.1. The Morgan fingerprint density at radius 1 is 1.05 bits per heavy atom. The first-order valence-corrected chi connectivity index (χ1v) is 6.43. The largest absolute Gasteiger partial charge is 0.497 e. The van der Waals surface area contributed by atoms with Crippen LogP contribution in [0, 0.1) is 19.3 Å². The van der Waals surface area contributed by atoms with E-state index < -0.39 is 0 Å². The Morgan fingerprint density at radius 2 is 1.80 bits per heavy atom. The van der Waals surface area contributed by atoms with Gasteiger partial charge >= 0.3 is 0 Å². The van der Waals surface area contributed by atoms with Crippen molar-refractivity contribution in [2.45, 2.75) is 13.5 Å². The van der Waals surface area contributed by atoms with Gasteiger partial charge in [-0.25, -0.2) is 0 Å². The van der Waals surface area contributed by atoms with Crippen LogP contribution in [0.15, 0.2) is 36.4 Å². The molecular formula is C18H18O2. The van der Waals surface area contributed by atoms with E-state index in [9.17, 15) is 0 Å². The van der Waals surface area contributed by atoms with E-state index in [-0.39, 0.29) is 0 Å². The Morgan fingerprint density at radius 3 is 2.40 bits per heavy atom. The van der Waals surface area contributed by atoms with E-state index in [1.165, 1.54) is 5.56 Å². The second-order valence-electron chi connectivity index (χ2n) is 4.63. The molecule has 0 aliphatic heterocycles. The van der Waals surface area contributed by atoms with Crippen molar-refractivity contribution in [2.24, 2.45) is 0 Å². The molecule has 102 valence electrons. The third kappa shape index (κ3) is 2.84. The summed E-state index contributed by atoms with van der Waals surface area (Å²) in [6.07, 6.45) is 5.44. The first kappa shape index (κ1) is 14.2. The molecule has 0 bridgehead atoms. The van der Waals surface area contributed by atoms with Crippen LogP contribution in [-0.2, 0) is 11.3 Å². The number of hydrogen-bond acceptors (Lipinski definition) is 2. The van der Waals surface area contributed by atoms with E-state index in [2.05, 4.69) is 25.0 Å². The maximum absolute atomic E-state index is 5.44. The third-order valence-corrected chi connectivity index (χ3v) is 3.30. The van der Waals surface area contributed by atoms with Crippen LogP contribution in [0.5, 0.6) is 5.75 Å². The van der Waals surface area contributed by atoms with Crippen LogP contribution >= 0.6 is 0 Å². The van der Waals surface area contributed by atoms with E-state index in [0.29, 0.717) is 6.61 Å². The van der Waals surface area contributed by atoms with Gasteiger partial charge in [-0.2, -0.15) is 0 Å². The van der Waals surface area contributed by atoms with Crippen molar-refractivity contribution < 1.29 is 9.47 Å². The second-order valence-corrected chi connectivity index (χ2v) is 4.63. The van der Waals surface area contributed by atoms with Gasteiger partial charge in [0.05, 0.1) is 13.7 Å². The Balaban J connectivity index is 2.54. The summed E-state index contributed by atoms with van der Waals surface area (Å²) in [7, 11) is 3.36. The molecule has 0 aliphatic carbocycles. The molecule has 0 unspecified atom stereocenters. The second kappa shape index (κ2) is 6.27. The SMILES string of the molecule is C#Cc1ccc(-c2ccc(OC)cc2COC)c(C)c1. The highest BCUT2D eigenvalue weighted by Crippen LogP contribution is 2.30. The monoisotopic (exact) mass is 266 g/mol. The molecule has 0 heterocycles. The fourth-order valence-electron chi connectivity index (χ4n) is 2.29. The Labute approximate surface area is 120 Å². The van der Waals surface area contributed by atoms with Crippen LogP contribution in [-0.4, -0.2) is 14.2 Å². The number of aryl methyl sites for hydroxylation is 1. The van der Waals surface area contributed by atoms with Gasteiger partial charge in [0, 0.05) is 12.7 Å². The maximum Gasteiger partial charge on any atom is 0.119 e. The average Bonchev–Trinajstić information content (AvgIpc) is 2.47. The van der Waals surface area contributed by atoms with Crippen LogP contribution in [0.25, 0.3) is 11.1 Å². The van der Waals surface area contributed by atoms with E-state index in [4.69, 9.17) is 15.9 Å². The number of rotatable bonds is 4. The molecule has 0 radical (unpaired) electrons. The van der Waals surface area contributed by atoms with E-state index in [1.807, 2.05) is 24.3 Å². The molecule has 2 aromatic rings. The molecule has 20 heavy (non-hydrogen) atoms. The lowest BCUT2D eigenvalue weighted by Crippen LogP contribution is -1.95. The molecular weight excluding hydrogens is 248 g/mol.